The highest BCUT2D eigenvalue weighted by Crippen LogP contribution is 2.16. The average molecular weight is 265 g/mol. The van der Waals surface area contributed by atoms with Gasteiger partial charge in [-0.1, -0.05) is 11.6 Å². The first-order chi connectivity index (χ1) is 8.60. The van der Waals surface area contributed by atoms with Gasteiger partial charge < -0.3 is 5.32 Å². The zero-order valence-electron chi connectivity index (χ0n) is 10.1. The number of anilines is 1. The van der Waals surface area contributed by atoms with Crippen LogP contribution in [0.15, 0.2) is 29.3 Å². The quantitative estimate of drug-likeness (QED) is 0.917. The van der Waals surface area contributed by atoms with Crippen molar-refractivity contribution in [3.8, 4) is 0 Å². The SMILES string of the molecule is CNc1ccc(Cl)c(Cn2cnc(C)cc2=O)n1. The van der Waals surface area contributed by atoms with Crippen LogP contribution >= 0.6 is 11.6 Å². The molecule has 0 fully saturated rings. The molecule has 18 heavy (non-hydrogen) atoms. The highest BCUT2D eigenvalue weighted by Gasteiger charge is 2.06. The van der Waals surface area contributed by atoms with Crippen molar-refractivity contribution in [2.75, 3.05) is 12.4 Å². The van der Waals surface area contributed by atoms with Crippen LogP contribution in [0.5, 0.6) is 0 Å². The third kappa shape index (κ3) is 2.68. The van der Waals surface area contributed by atoms with Crippen molar-refractivity contribution in [2.45, 2.75) is 13.5 Å². The fourth-order valence-corrected chi connectivity index (χ4v) is 1.70. The van der Waals surface area contributed by atoms with Crippen LogP contribution in [0.1, 0.15) is 11.4 Å². The van der Waals surface area contributed by atoms with Gasteiger partial charge in [-0.3, -0.25) is 9.36 Å². The first-order valence-corrected chi connectivity index (χ1v) is 5.84. The third-order valence-electron chi connectivity index (χ3n) is 2.51. The molecule has 0 saturated carbocycles. The van der Waals surface area contributed by atoms with Gasteiger partial charge in [0.15, 0.2) is 0 Å². The van der Waals surface area contributed by atoms with Crippen molar-refractivity contribution >= 4 is 17.4 Å². The molecular weight excluding hydrogens is 252 g/mol. The van der Waals surface area contributed by atoms with Gasteiger partial charge in [0.05, 0.1) is 23.6 Å². The van der Waals surface area contributed by atoms with E-state index in [0.717, 1.165) is 0 Å². The number of nitrogens with one attached hydrogen (secondary N) is 1. The lowest BCUT2D eigenvalue weighted by molar-refractivity contribution is 0.714. The summed E-state index contributed by atoms with van der Waals surface area (Å²) in [5, 5.41) is 3.46. The number of aromatic nitrogens is 3. The Bertz CT molecular complexity index is 624. The molecule has 0 aliphatic carbocycles. The second-order valence-corrected chi connectivity index (χ2v) is 4.28. The van der Waals surface area contributed by atoms with Gasteiger partial charge in [-0.2, -0.15) is 0 Å². The molecule has 6 heteroatoms. The maximum Gasteiger partial charge on any atom is 0.253 e. The van der Waals surface area contributed by atoms with Gasteiger partial charge in [0.1, 0.15) is 5.82 Å². The summed E-state index contributed by atoms with van der Waals surface area (Å²) in [5.41, 5.74) is 1.21. The first-order valence-electron chi connectivity index (χ1n) is 5.46. The molecule has 2 aromatic heterocycles. The van der Waals surface area contributed by atoms with Crippen molar-refractivity contribution in [3.05, 3.63) is 51.3 Å². The highest BCUT2D eigenvalue weighted by atomic mass is 35.5. The van der Waals surface area contributed by atoms with E-state index in [0.29, 0.717) is 28.8 Å². The second kappa shape index (κ2) is 5.18. The lowest BCUT2D eigenvalue weighted by Crippen LogP contribution is -2.21. The van der Waals surface area contributed by atoms with Gasteiger partial charge in [-0.25, -0.2) is 9.97 Å². The Labute approximate surface area is 109 Å². The molecule has 0 spiro atoms. The lowest BCUT2D eigenvalue weighted by atomic mass is 10.3. The Morgan fingerprint density at radius 2 is 2.22 bits per heavy atom. The zero-order chi connectivity index (χ0) is 13.1. The van der Waals surface area contributed by atoms with Crippen LogP contribution < -0.4 is 10.9 Å². The minimum Gasteiger partial charge on any atom is -0.373 e. The molecule has 1 N–H and O–H groups in total. The molecule has 0 atom stereocenters. The van der Waals surface area contributed by atoms with E-state index in [1.165, 1.54) is 17.0 Å². The molecule has 0 aliphatic rings. The number of aryl methyl sites for hydroxylation is 1. The Morgan fingerprint density at radius 1 is 1.44 bits per heavy atom. The predicted octanol–water partition coefficient (Wildman–Crippen LogP) is 1.69. The van der Waals surface area contributed by atoms with Crippen LogP contribution in [0, 0.1) is 6.92 Å². The molecule has 2 heterocycles. The minimum absolute atomic E-state index is 0.116. The standard InChI is InChI=1S/C12H13ClN4O/c1-8-5-12(18)17(7-15-8)6-10-9(13)3-4-11(14-2)16-10/h3-5,7H,6H2,1-2H3,(H,14,16). The summed E-state index contributed by atoms with van der Waals surface area (Å²) < 4.78 is 1.47. The summed E-state index contributed by atoms with van der Waals surface area (Å²) in [7, 11) is 1.78. The van der Waals surface area contributed by atoms with Gasteiger partial charge in [0.2, 0.25) is 0 Å². The highest BCUT2D eigenvalue weighted by molar-refractivity contribution is 6.31. The molecule has 0 unspecified atom stereocenters. The summed E-state index contributed by atoms with van der Waals surface area (Å²) >= 11 is 6.06. The van der Waals surface area contributed by atoms with Crippen LogP contribution in [-0.4, -0.2) is 21.6 Å². The van der Waals surface area contributed by atoms with Gasteiger partial charge in [-0.05, 0) is 19.1 Å². The molecule has 5 nitrogen and oxygen atoms in total. The van der Waals surface area contributed by atoms with E-state index in [4.69, 9.17) is 11.6 Å². The molecule has 94 valence electrons. The second-order valence-electron chi connectivity index (χ2n) is 3.87. The zero-order valence-corrected chi connectivity index (χ0v) is 10.9. The normalized spacial score (nSPS) is 10.4. The van der Waals surface area contributed by atoms with Gasteiger partial charge >= 0.3 is 0 Å². The van der Waals surface area contributed by atoms with Crippen molar-refractivity contribution < 1.29 is 0 Å². The largest absolute Gasteiger partial charge is 0.373 e. The molecule has 0 saturated heterocycles. The van der Waals surface area contributed by atoms with Gasteiger partial charge in [0.25, 0.3) is 5.56 Å². The fourth-order valence-electron chi connectivity index (χ4n) is 1.53. The maximum absolute atomic E-state index is 11.7. The number of hydrogen-bond donors (Lipinski definition) is 1. The van der Waals surface area contributed by atoms with E-state index in [1.54, 1.807) is 26.1 Å². The van der Waals surface area contributed by atoms with Crippen molar-refractivity contribution in [2.24, 2.45) is 0 Å². The number of hydrogen-bond acceptors (Lipinski definition) is 4. The van der Waals surface area contributed by atoms with Crippen LogP contribution in [0.25, 0.3) is 0 Å². The molecule has 2 rings (SSSR count). The summed E-state index contributed by atoms with van der Waals surface area (Å²) in [6.07, 6.45) is 1.50. The molecule has 0 aromatic carbocycles. The maximum atomic E-state index is 11.7. The van der Waals surface area contributed by atoms with Crippen LogP contribution in [0.3, 0.4) is 0 Å². The number of halogens is 1. The van der Waals surface area contributed by atoms with Gasteiger partial charge in [-0.15, -0.1) is 0 Å². The van der Waals surface area contributed by atoms with Crippen LogP contribution in [0.4, 0.5) is 5.82 Å². The summed E-state index contributed by atoms with van der Waals surface area (Å²) in [4.78, 5) is 20.2. The lowest BCUT2D eigenvalue weighted by Gasteiger charge is -2.08. The topological polar surface area (TPSA) is 59.8 Å². The third-order valence-corrected chi connectivity index (χ3v) is 2.86. The van der Waals surface area contributed by atoms with Crippen LogP contribution in [0.2, 0.25) is 5.02 Å². The Balaban J connectivity index is 2.36. The Hall–Kier alpha value is -1.88. The van der Waals surface area contributed by atoms with Crippen molar-refractivity contribution in [3.63, 3.8) is 0 Å². The fraction of sp³-hybridized carbons (Fsp3) is 0.250. The van der Waals surface area contributed by atoms with E-state index < -0.39 is 0 Å². The van der Waals surface area contributed by atoms with E-state index in [9.17, 15) is 4.79 Å². The summed E-state index contributed by atoms with van der Waals surface area (Å²) in [6.45, 7) is 2.08. The molecular formula is C12H13ClN4O. The number of nitrogens with zero attached hydrogens (tertiary/aromatic N) is 3. The van der Waals surface area contributed by atoms with Crippen LogP contribution in [-0.2, 0) is 6.54 Å². The monoisotopic (exact) mass is 264 g/mol. The predicted molar refractivity (Wildman–Crippen MR) is 71.1 cm³/mol. The first kappa shape index (κ1) is 12.6. The summed E-state index contributed by atoms with van der Waals surface area (Å²) in [6, 6.07) is 5.01. The number of rotatable bonds is 3. The molecule has 0 amide bonds. The van der Waals surface area contributed by atoms with Gasteiger partial charge in [0, 0.05) is 18.8 Å². The van der Waals surface area contributed by atoms with Crippen molar-refractivity contribution in [1.82, 2.24) is 14.5 Å². The molecule has 2 aromatic rings. The van der Waals surface area contributed by atoms with E-state index in [2.05, 4.69) is 15.3 Å². The van der Waals surface area contributed by atoms with Crippen molar-refractivity contribution in [1.29, 1.82) is 0 Å². The molecule has 0 radical (unpaired) electrons. The van der Waals surface area contributed by atoms with E-state index in [-0.39, 0.29) is 5.56 Å². The van der Waals surface area contributed by atoms with E-state index in [1.807, 2.05) is 0 Å². The minimum atomic E-state index is -0.116. The Kier molecular flexibility index (Phi) is 3.62. The smallest absolute Gasteiger partial charge is 0.253 e. The molecule has 0 aliphatic heterocycles. The number of pyridine rings is 1. The average Bonchev–Trinajstić information content (AvgIpc) is 2.35. The summed E-state index contributed by atoms with van der Waals surface area (Å²) in [5.74, 6) is 0.711. The Morgan fingerprint density at radius 3 is 2.89 bits per heavy atom. The molecule has 0 bridgehead atoms. The van der Waals surface area contributed by atoms with E-state index >= 15 is 0 Å².